The molecule has 1 aromatic rings. The summed E-state index contributed by atoms with van der Waals surface area (Å²) in [6.07, 6.45) is 1.82. The molecular formula is C15H16N4O2. The Morgan fingerprint density at radius 2 is 2.05 bits per heavy atom. The molecule has 0 radical (unpaired) electrons. The Kier molecular flexibility index (Phi) is 4.24. The molecule has 108 valence electrons. The molecule has 2 N–H and O–H groups in total. The zero-order chi connectivity index (χ0) is 15.4. The van der Waals surface area contributed by atoms with Crippen molar-refractivity contribution in [2.45, 2.75) is 19.9 Å². The Bertz CT molecular complexity index is 653. The van der Waals surface area contributed by atoms with Crippen LogP contribution in [0.25, 0.3) is 0 Å². The first-order valence-corrected chi connectivity index (χ1v) is 6.42. The number of rotatable bonds is 2. The molecule has 21 heavy (non-hydrogen) atoms. The van der Waals surface area contributed by atoms with Crippen LogP contribution in [-0.4, -0.2) is 19.0 Å². The summed E-state index contributed by atoms with van der Waals surface area (Å²) in [5.74, 6) is -0.126. The molecular weight excluding hydrogens is 268 g/mol. The number of hydrogen-bond acceptors (Lipinski definition) is 6. The van der Waals surface area contributed by atoms with Crippen molar-refractivity contribution in [3.63, 3.8) is 0 Å². The van der Waals surface area contributed by atoms with Crippen molar-refractivity contribution < 1.29 is 9.53 Å². The van der Waals surface area contributed by atoms with Crippen molar-refractivity contribution in [1.29, 1.82) is 5.26 Å². The van der Waals surface area contributed by atoms with Gasteiger partial charge in [0.25, 0.3) is 0 Å². The summed E-state index contributed by atoms with van der Waals surface area (Å²) in [7, 11) is 1.33. The Hall–Kier alpha value is -2.81. The van der Waals surface area contributed by atoms with E-state index in [4.69, 9.17) is 10.00 Å². The fourth-order valence-electron chi connectivity index (χ4n) is 2.16. The van der Waals surface area contributed by atoms with Crippen LogP contribution in [0.5, 0.6) is 0 Å². The molecule has 0 aromatic heterocycles. The Morgan fingerprint density at radius 3 is 2.62 bits per heavy atom. The van der Waals surface area contributed by atoms with Gasteiger partial charge in [0.15, 0.2) is 6.19 Å². The number of nitriles is 1. The van der Waals surface area contributed by atoms with Gasteiger partial charge in [-0.2, -0.15) is 5.26 Å². The zero-order valence-electron chi connectivity index (χ0n) is 12.1. The number of benzene rings is 1. The number of carbonyl (C=O) groups is 1. The van der Waals surface area contributed by atoms with Gasteiger partial charge in [-0.05, 0) is 19.4 Å². The number of carbonyl (C=O) groups excluding carboxylic acids is 1. The van der Waals surface area contributed by atoms with E-state index in [1.807, 2.05) is 37.4 Å². The first-order chi connectivity index (χ1) is 10.1. The van der Waals surface area contributed by atoms with Gasteiger partial charge in [-0.25, -0.2) is 9.79 Å². The summed E-state index contributed by atoms with van der Waals surface area (Å²) in [5, 5.41) is 14.1. The van der Waals surface area contributed by atoms with E-state index in [0.29, 0.717) is 17.2 Å². The number of aliphatic imine (C=N–C) groups is 1. The van der Waals surface area contributed by atoms with Crippen molar-refractivity contribution >= 4 is 11.9 Å². The number of esters is 1. The highest BCUT2D eigenvalue weighted by atomic mass is 16.5. The SMILES string of the molecule is COC(=O)C1=C(C)NC(NC#N)=N[C@@H]1c1ccc(C)cc1. The normalized spacial score (nSPS) is 17.4. The first-order valence-electron chi connectivity index (χ1n) is 6.42. The topological polar surface area (TPSA) is 86.5 Å². The molecule has 0 bridgehead atoms. The molecule has 1 atom stereocenters. The minimum absolute atomic E-state index is 0.313. The molecule has 2 rings (SSSR count). The van der Waals surface area contributed by atoms with E-state index in [-0.39, 0.29) is 0 Å². The standard InChI is InChI=1S/C15H16N4O2/c1-9-4-6-11(7-5-9)13-12(14(20)21-3)10(2)18-15(19-13)17-8-16/h4-7,13H,1-3H3,(H2,17,18,19)/t13-/m1/s1. The maximum atomic E-state index is 12.0. The van der Waals surface area contributed by atoms with Crippen LogP contribution in [0.3, 0.4) is 0 Å². The minimum Gasteiger partial charge on any atom is -0.466 e. The average molecular weight is 284 g/mol. The molecule has 1 aromatic carbocycles. The summed E-state index contributed by atoms with van der Waals surface area (Å²) in [5.41, 5.74) is 3.02. The van der Waals surface area contributed by atoms with E-state index >= 15 is 0 Å². The summed E-state index contributed by atoms with van der Waals surface area (Å²) in [4.78, 5) is 16.4. The van der Waals surface area contributed by atoms with Gasteiger partial charge >= 0.3 is 5.97 Å². The fraction of sp³-hybridized carbons (Fsp3) is 0.267. The molecule has 0 saturated heterocycles. The molecule has 0 aliphatic carbocycles. The lowest BCUT2D eigenvalue weighted by Gasteiger charge is -2.25. The summed E-state index contributed by atoms with van der Waals surface area (Å²) in [6.45, 7) is 3.74. The highest BCUT2D eigenvalue weighted by Crippen LogP contribution is 2.31. The van der Waals surface area contributed by atoms with E-state index in [1.54, 1.807) is 6.92 Å². The molecule has 0 saturated carbocycles. The Balaban J connectivity index is 2.48. The molecule has 1 aliphatic rings. The predicted molar refractivity (Wildman–Crippen MR) is 78.0 cm³/mol. The van der Waals surface area contributed by atoms with Crippen LogP contribution < -0.4 is 10.6 Å². The van der Waals surface area contributed by atoms with Crippen LogP contribution in [0.15, 0.2) is 40.5 Å². The highest BCUT2D eigenvalue weighted by Gasteiger charge is 2.29. The lowest BCUT2D eigenvalue weighted by Crippen LogP contribution is -2.39. The predicted octanol–water partition coefficient (Wildman–Crippen LogP) is 1.51. The lowest BCUT2D eigenvalue weighted by molar-refractivity contribution is -0.136. The van der Waals surface area contributed by atoms with Gasteiger partial charge in [0.2, 0.25) is 5.96 Å². The van der Waals surface area contributed by atoms with Crippen LogP contribution in [-0.2, 0) is 9.53 Å². The van der Waals surface area contributed by atoms with Gasteiger partial charge in [-0.15, -0.1) is 0 Å². The van der Waals surface area contributed by atoms with Crippen molar-refractivity contribution in [3.8, 4) is 6.19 Å². The van der Waals surface area contributed by atoms with Crippen molar-refractivity contribution in [2.75, 3.05) is 7.11 Å². The van der Waals surface area contributed by atoms with Crippen LogP contribution in [0.2, 0.25) is 0 Å². The van der Waals surface area contributed by atoms with Crippen molar-refractivity contribution in [3.05, 3.63) is 46.7 Å². The summed E-state index contributed by atoms with van der Waals surface area (Å²) < 4.78 is 4.84. The molecule has 6 heteroatoms. The number of nitrogens with one attached hydrogen (secondary N) is 2. The number of allylic oxidation sites excluding steroid dienone is 1. The summed E-state index contributed by atoms with van der Waals surface area (Å²) in [6, 6.07) is 7.22. The van der Waals surface area contributed by atoms with Gasteiger partial charge < -0.3 is 10.1 Å². The largest absolute Gasteiger partial charge is 0.466 e. The maximum absolute atomic E-state index is 12.0. The summed E-state index contributed by atoms with van der Waals surface area (Å²) >= 11 is 0. The van der Waals surface area contributed by atoms with Gasteiger partial charge in [-0.1, -0.05) is 29.8 Å². The minimum atomic E-state index is -0.504. The number of hydrogen-bond donors (Lipinski definition) is 2. The molecule has 0 spiro atoms. The molecule has 1 aliphatic heterocycles. The smallest absolute Gasteiger partial charge is 0.338 e. The maximum Gasteiger partial charge on any atom is 0.338 e. The number of ether oxygens (including phenoxy) is 1. The number of aryl methyl sites for hydroxylation is 1. The van der Waals surface area contributed by atoms with E-state index in [0.717, 1.165) is 11.1 Å². The Labute approximate surface area is 123 Å². The van der Waals surface area contributed by atoms with E-state index < -0.39 is 12.0 Å². The fourth-order valence-corrected chi connectivity index (χ4v) is 2.16. The van der Waals surface area contributed by atoms with Gasteiger partial charge in [-0.3, -0.25) is 5.32 Å². The molecule has 0 fully saturated rings. The van der Waals surface area contributed by atoms with Gasteiger partial charge in [0, 0.05) is 5.70 Å². The highest BCUT2D eigenvalue weighted by molar-refractivity contribution is 5.95. The lowest BCUT2D eigenvalue weighted by atomic mass is 9.96. The second kappa shape index (κ2) is 6.09. The first kappa shape index (κ1) is 14.6. The molecule has 6 nitrogen and oxygen atoms in total. The molecule has 0 amide bonds. The Morgan fingerprint density at radius 1 is 1.38 bits per heavy atom. The van der Waals surface area contributed by atoms with Gasteiger partial charge in [0.05, 0.1) is 12.7 Å². The molecule has 1 heterocycles. The van der Waals surface area contributed by atoms with E-state index in [1.165, 1.54) is 7.11 Å². The third kappa shape index (κ3) is 3.03. The third-order valence-electron chi connectivity index (χ3n) is 3.21. The van der Waals surface area contributed by atoms with Gasteiger partial charge in [0.1, 0.15) is 6.04 Å². The van der Waals surface area contributed by atoms with Crippen molar-refractivity contribution in [1.82, 2.24) is 10.6 Å². The second-order valence-electron chi connectivity index (χ2n) is 4.68. The zero-order valence-corrected chi connectivity index (χ0v) is 12.1. The third-order valence-corrected chi connectivity index (χ3v) is 3.21. The molecule has 0 unspecified atom stereocenters. The van der Waals surface area contributed by atoms with Crippen LogP contribution >= 0.6 is 0 Å². The average Bonchev–Trinajstić information content (AvgIpc) is 2.47. The second-order valence-corrected chi connectivity index (χ2v) is 4.68. The number of methoxy groups -OCH3 is 1. The van der Waals surface area contributed by atoms with Crippen LogP contribution in [0.1, 0.15) is 24.1 Å². The monoisotopic (exact) mass is 284 g/mol. The van der Waals surface area contributed by atoms with Crippen LogP contribution in [0.4, 0.5) is 0 Å². The van der Waals surface area contributed by atoms with E-state index in [9.17, 15) is 4.79 Å². The number of guanidine groups is 1. The van der Waals surface area contributed by atoms with Crippen LogP contribution in [0, 0.1) is 18.4 Å². The van der Waals surface area contributed by atoms with E-state index in [2.05, 4.69) is 15.6 Å². The number of nitrogens with zero attached hydrogens (tertiary/aromatic N) is 2. The van der Waals surface area contributed by atoms with Crippen molar-refractivity contribution in [2.24, 2.45) is 4.99 Å². The quantitative estimate of drug-likeness (QED) is 0.488.